The van der Waals surface area contributed by atoms with Crippen LogP contribution in [0.15, 0.2) is 15.7 Å². The lowest BCUT2D eigenvalue weighted by molar-refractivity contribution is -0.136. The second-order valence-electron chi connectivity index (χ2n) is 3.65. The van der Waals surface area contributed by atoms with Crippen LogP contribution < -0.4 is 5.32 Å². The van der Waals surface area contributed by atoms with Gasteiger partial charge in [-0.1, -0.05) is 6.92 Å². The van der Waals surface area contributed by atoms with Gasteiger partial charge in [0.15, 0.2) is 0 Å². The van der Waals surface area contributed by atoms with Crippen molar-refractivity contribution < 1.29 is 9.90 Å². The zero-order valence-electron chi connectivity index (χ0n) is 8.40. The van der Waals surface area contributed by atoms with Crippen LogP contribution >= 0.6 is 23.1 Å². The molecule has 2 rings (SSSR count). The normalized spacial score (nSPS) is 24.9. The van der Waals surface area contributed by atoms with E-state index in [0.717, 1.165) is 6.42 Å². The van der Waals surface area contributed by atoms with Crippen LogP contribution in [-0.2, 0) is 4.79 Å². The highest BCUT2D eigenvalue weighted by Crippen LogP contribution is 2.43. The Bertz CT molecular complexity index is 364. The number of rotatable bonds is 3. The molecule has 0 fully saturated rings. The number of hydrogen-bond acceptors (Lipinski definition) is 4. The maximum absolute atomic E-state index is 10.5. The molecule has 3 nitrogen and oxygen atoms in total. The number of aliphatic carboxylic acids is 1. The molecule has 0 bridgehead atoms. The first-order valence-corrected chi connectivity index (χ1v) is 6.62. The molecule has 1 aliphatic rings. The summed E-state index contributed by atoms with van der Waals surface area (Å²) < 4.78 is 1.33. The Morgan fingerprint density at radius 3 is 3.27 bits per heavy atom. The lowest BCUT2D eigenvalue weighted by Crippen LogP contribution is -2.30. The Kier molecular flexibility index (Phi) is 3.33. The van der Waals surface area contributed by atoms with Gasteiger partial charge in [0.2, 0.25) is 0 Å². The lowest BCUT2D eigenvalue weighted by Gasteiger charge is -2.27. The zero-order valence-corrected chi connectivity index (χ0v) is 10.0. The van der Waals surface area contributed by atoms with E-state index in [1.54, 1.807) is 11.3 Å². The molecule has 0 aliphatic carbocycles. The van der Waals surface area contributed by atoms with Crippen LogP contribution in [0.4, 0.5) is 0 Å². The number of fused-ring (bicyclic) bond motifs is 1. The molecule has 1 aromatic rings. The minimum atomic E-state index is -0.794. The predicted molar refractivity (Wildman–Crippen MR) is 62.6 cm³/mol. The summed E-state index contributed by atoms with van der Waals surface area (Å²) >= 11 is 3.63. The lowest BCUT2D eigenvalue weighted by atomic mass is 10.1. The summed E-state index contributed by atoms with van der Waals surface area (Å²) in [4.78, 5) is 10.5. The Hall–Kier alpha value is -0.520. The molecule has 1 aliphatic heterocycles. The molecule has 0 aromatic carbocycles. The van der Waals surface area contributed by atoms with Crippen LogP contribution in [0.5, 0.6) is 0 Å². The van der Waals surface area contributed by atoms with Crippen molar-refractivity contribution in [2.24, 2.45) is 0 Å². The third kappa shape index (κ3) is 2.53. The maximum atomic E-state index is 10.5. The number of thiophene rings is 1. The average molecular weight is 243 g/mol. The van der Waals surface area contributed by atoms with Crippen LogP contribution in [0.1, 0.15) is 24.9 Å². The van der Waals surface area contributed by atoms with E-state index in [1.807, 2.05) is 11.8 Å². The highest BCUT2D eigenvalue weighted by molar-refractivity contribution is 8.01. The number of carboxylic acids is 1. The first kappa shape index (κ1) is 11.0. The van der Waals surface area contributed by atoms with E-state index in [4.69, 9.17) is 5.11 Å². The predicted octanol–water partition coefficient (Wildman–Crippen LogP) is 2.35. The van der Waals surface area contributed by atoms with Crippen molar-refractivity contribution in [2.75, 3.05) is 6.54 Å². The van der Waals surface area contributed by atoms with Crippen molar-refractivity contribution in [1.29, 1.82) is 0 Å². The van der Waals surface area contributed by atoms with E-state index in [1.165, 1.54) is 9.77 Å². The van der Waals surface area contributed by atoms with Gasteiger partial charge in [-0.2, -0.15) is 0 Å². The van der Waals surface area contributed by atoms with Gasteiger partial charge in [0.25, 0.3) is 0 Å². The van der Waals surface area contributed by atoms with Crippen molar-refractivity contribution in [3.05, 3.63) is 17.0 Å². The fraction of sp³-hybridized carbons (Fsp3) is 0.500. The van der Waals surface area contributed by atoms with Crippen molar-refractivity contribution in [2.45, 2.75) is 28.8 Å². The summed E-state index contributed by atoms with van der Waals surface area (Å²) in [6.07, 6.45) is 1.00. The van der Waals surface area contributed by atoms with Crippen molar-refractivity contribution >= 4 is 29.1 Å². The van der Waals surface area contributed by atoms with E-state index in [-0.39, 0.29) is 12.6 Å². The molecule has 1 aromatic heterocycles. The molecule has 2 N–H and O–H groups in total. The second-order valence-corrected chi connectivity index (χ2v) is 6.28. The molecule has 2 atom stereocenters. The van der Waals surface area contributed by atoms with E-state index < -0.39 is 5.97 Å². The molecule has 82 valence electrons. The van der Waals surface area contributed by atoms with Crippen LogP contribution in [0.2, 0.25) is 0 Å². The molecule has 0 spiro atoms. The number of carboxylic acid groups (broad SMARTS) is 1. The van der Waals surface area contributed by atoms with Gasteiger partial charge in [0.05, 0.1) is 10.8 Å². The van der Waals surface area contributed by atoms with Crippen LogP contribution in [0.3, 0.4) is 0 Å². The van der Waals surface area contributed by atoms with Crippen molar-refractivity contribution in [1.82, 2.24) is 5.32 Å². The SMILES string of the molecule is C[C@H]1CC(NCC(=O)O)c2ccsc2S1. The minimum absolute atomic E-state index is 0.0390. The monoisotopic (exact) mass is 243 g/mol. The van der Waals surface area contributed by atoms with Gasteiger partial charge in [-0.15, -0.1) is 23.1 Å². The fourth-order valence-corrected chi connectivity index (χ4v) is 4.32. The van der Waals surface area contributed by atoms with Gasteiger partial charge in [-0.05, 0) is 23.4 Å². The van der Waals surface area contributed by atoms with Crippen molar-refractivity contribution in [3.8, 4) is 0 Å². The molecule has 0 radical (unpaired) electrons. The van der Waals surface area contributed by atoms with Crippen LogP contribution in [-0.4, -0.2) is 22.9 Å². The van der Waals surface area contributed by atoms with E-state index in [9.17, 15) is 4.79 Å². The van der Waals surface area contributed by atoms with Gasteiger partial charge in [0, 0.05) is 11.3 Å². The molecule has 1 unspecified atom stereocenters. The Morgan fingerprint density at radius 2 is 2.53 bits per heavy atom. The van der Waals surface area contributed by atoms with Crippen molar-refractivity contribution in [3.63, 3.8) is 0 Å². The number of thioether (sulfide) groups is 1. The third-order valence-electron chi connectivity index (χ3n) is 2.41. The van der Waals surface area contributed by atoms with Gasteiger partial charge >= 0.3 is 5.97 Å². The number of nitrogens with one attached hydrogen (secondary N) is 1. The molecular weight excluding hydrogens is 230 g/mol. The molecule has 15 heavy (non-hydrogen) atoms. The smallest absolute Gasteiger partial charge is 0.317 e. The molecule has 0 amide bonds. The topological polar surface area (TPSA) is 49.3 Å². The molecule has 0 saturated heterocycles. The summed E-state index contributed by atoms with van der Waals surface area (Å²) in [7, 11) is 0. The maximum Gasteiger partial charge on any atom is 0.317 e. The van der Waals surface area contributed by atoms with Gasteiger partial charge in [-0.25, -0.2) is 0 Å². The third-order valence-corrected chi connectivity index (χ3v) is 4.75. The highest BCUT2D eigenvalue weighted by Gasteiger charge is 2.26. The molecule has 2 heterocycles. The summed E-state index contributed by atoms with van der Waals surface area (Å²) in [5, 5.41) is 14.4. The Balaban J connectivity index is 2.09. The quantitative estimate of drug-likeness (QED) is 0.855. The van der Waals surface area contributed by atoms with Gasteiger partial charge in [0.1, 0.15) is 0 Å². The van der Waals surface area contributed by atoms with E-state index in [2.05, 4.69) is 23.7 Å². The minimum Gasteiger partial charge on any atom is -0.480 e. The Morgan fingerprint density at radius 1 is 1.73 bits per heavy atom. The standard InChI is InChI=1S/C10H13NO2S2/c1-6-4-8(11-5-9(12)13)7-2-3-14-10(7)15-6/h2-3,6,8,11H,4-5H2,1H3,(H,12,13)/t6-,8?/m0/s1. The second kappa shape index (κ2) is 4.55. The largest absolute Gasteiger partial charge is 0.480 e. The van der Waals surface area contributed by atoms with Crippen LogP contribution in [0, 0.1) is 0 Å². The molecular formula is C10H13NO2S2. The molecule has 5 heteroatoms. The first-order valence-electron chi connectivity index (χ1n) is 4.86. The van der Waals surface area contributed by atoms with E-state index >= 15 is 0 Å². The first-order chi connectivity index (χ1) is 7.16. The summed E-state index contributed by atoms with van der Waals surface area (Å²) in [5.41, 5.74) is 1.27. The van der Waals surface area contributed by atoms with Crippen LogP contribution in [0.25, 0.3) is 0 Å². The zero-order chi connectivity index (χ0) is 10.8. The Labute approximate surface area is 96.9 Å². The molecule has 0 saturated carbocycles. The summed E-state index contributed by atoms with van der Waals surface area (Å²) in [6, 6.07) is 2.30. The fourth-order valence-electron chi connectivity index (χ4n) is 1.75. The number of hydrogen-bond donors (Lipinski definition) is 2. The summed E-state index contributed by atoms with van der Waals surface area (Å²) in [6.45, 7) is 2.22. The van der Waals surface area contributed by atoms with Gasteiger partial charge < -0.3 is 5.11 Å². The van der Waals surface area contributed by atoms with Gasteiger partial charge in [-0.3, -0.25) is 10.1 Å². The average Bonchev–Trinajstić information content (AvgIpc) is 2.61. The highest BCUT2D eigenvalue weighted by atomic mass is 32.2. The van der Waals surface area contributed by atoms with E-state index in [0.29, 0.717) is 5.25 Å². The summed E-state index contributed by atoms with van der Waals surface area (Å²) in [5.74, 6) is -0.794. The number of carbonyl (C=O) groups is 1.